The molecule has 1 N–H and O–H groups in total. The Labute approximate surface area is 93.3 Å². The van der Waals surface area contributed by atoms with Crippen LogP contribution in [0.25, 0.3) is 0 Å². The van der Waals surface area contributed by atoms with E-state index >= 15 is 0 Å². The minimum Gasteiger partial charge on any atom is -0.460 e. The van der Waals surface area contributed by atoms with Gasteiger partial charge in [0, 0.05) is 19.7 Å². The molecule has 0 saturated heterocycles. The molecule has 88 valence electrons. The Balaban J connectivity index is 2.94. The minimum atomic E-state index is -0.468. The van der Waals surface area contributed by atoms with Gasteiger partial charge in [-0.25, -0.2) is 0 Å². The number of benzene rings is 1. The second-order valence-electron chi connectivity index (χ2n) is 3.14. The molecule has 0 radical (unpaired) electrons. The number of hydrogen-bond donors (Lipinski definition) is 1. The van der Waals surface area contributed by atoms with Gasteiger partial charge in [-0.1, -0.05) is 6.07 Å². The lowest BCUT2D eigenvalue weighted by Gasteiger charge is -2.07. The third-order valence-electron chi connectivity index (χ3n) is 1.93. The molecule has 6 heteroatoms. The molecule has 0 aliphatic carbocycles. The molecule has 0 fully saturated rings. The number of hydrogen-bond acceptors (Lipinski definition) is 5. The summed E-state index contributed by atoms with van der Waals surface area (Å²) < 4.78 is 9.80. The fourth-order valence-corrected chi connectivity index (χ4v) is 1.26. The van der Waals surface area contributed by atoms with Gasteiger partial charge in [0.2, 0.25) is 0 Å². The van der Waals surface area contributed by atoms with E-state index in [0.717, 1.165) is 5.56 Å². The first-order valence-corrected chi connectivity index (χ1v) is 4.72. The second kappa shape index (κ2) is 6.04. The molecule has 0 bridgehead atoms. The highest BCUT2D eigenvalue weighted by Gasteiger charge is 2.15. The van der Waals surface area contributed by atoms with E-state index in [2.05, 4.69) is 5.32 Å². The molecule has 1 rings (SSSR count). The van der Waals surface area contributed by atoms with Gasteiger partial charge in [0.05, 0.1) is 4.92 Å². The summed E-state index contributed by atoms with van der Waals surface area (Å²) >= 11 is 0. The van der Waals surface area contributed by atoms with Crippen LogP contribution in [0.3, 0.4) is 0 Å². The lowest BCUT2D eigenvalue weighted by Crippen LogP contribution is -2.06. The van der Waals surface area contributed by atoms with E-state index < -0.39 is 4.92 Å². The zero-order valence-electron chi connectivity index (χ0n) is 9.23. The summed E-state index contributed by atoms with van der Waals surface area (Å²) in [6.07, 6.45) is 0. The van der Waals surface area contributed by atoms with Crippen LogP contribution < -0.4 is 10.1 Å². The zero-order valence-corrected chi connectivity index (χ0v) is 9.23. The molecule has 0 atom stereocenters. The highest BCUT2D eigenvalue weighted by atomic mass is 16.7. The SMILES string of the molecule is CNCc1ccc(OCOC)c([N+](=O)[O-])c1. The maximum absolute atomic E-state index is 10.8. The second-order valence-corrected chi connectivity index (χ2v) is 3.14. The molecule has 0 aromatic heterocycles. The molecule has 6 nitrogen and oxygen atoms in total. The average Bonchev–Trinajstić information content (AvgIpc) is 2.27. The van der Waals surface area contributed by atoms with Crippen molar-refractivity contribution in [2.24, 2.45) is 0 Å². The van der Waals surface area contributed by atoms with Crippen molar-refractivity contribution in [1.82, 2.24) is 5.32 Å². The Bertz CT molecular complexity index is 368. The predicted octanol–water partition coefficient (Wildman–Crippen LogP) is 1.30. The van der Waals surface area contributed by atoms with E-state index in [0.29, 0.717) is 6.54 Å². The van der Waals surface area contributed by atoms with Gasteiger partial charge in [0.1, 0.15) is 0 Å². The van der Waals surface area contributed by atoms with Crippen molar-refractivity contribution in [3.05, 3.63) is 33.9 Å². The van der Waals surface area contributed by atoms with Crippen molar-refractivity contribution in [1.29, 1.82) is 0 Å². The van der Waals surface area contributed by atoms with Gasteiger partial charge in [-0.05, 0) is 18.7 Å². The van der Waals surface area contributed by atoms with E-state index in [4.69, 9.17) is 9.47 Å². The molecule has 0 unspecified atom stereocenters. The number of nitro benzene ring substituents is 1. The Morgan fingerprint density at radius 2 is 2.25 bits per heavy atom. The fraction of sp³-hybridized carbons (Fsp3) is 0.400. The van der Waals surface area contributed by atoms with Gasteiger partial charge >= 0.3 is 5.69 Å². The van der Waals surface area contributed by atoms with E-state index in [1.165, 1.54) is 13.2 Å². The summed E-state index contributed by atoms with van der Waals surface area (Å²) in [6, 6.07) is 4.83. The smallest absolute Gasteiger partial charge is 0.311 e. The molecule has 0 spiro atoms. The van der Waals surface area contributed by atoms with Crippen molar-refractivity contribution in [2.75, 3.05) is 21.0 Å². The molecular weight excluding hydrogens is 212 g/mol. The summed E-state index contributed by atoms with van der Waals surface area (Å²) in [5.41, 5.74) is 0.781. The molecular formula is C10H14N2O4. The lowest BCUT2D eigenvalue weighted by molar-refractivity contribution is -0.386. The first-order chi connectivity index (χ1) is 7.69. The molecule has 0 amide bonds. The van der Waals surface area contributed by atoms with E-state index in [1.54, 1.807) is 19.2 Å². The first-order valence-electron chi connectivity index (χ1n) is 4.72. The van der Waals surface area contributed by atoms with Crippen LogP contribution in [0, 0.1) is 10.1 Å². The number of rotatable bonds is 6. The highest BCUT2D eigenvalue weighted by Crippen LogP contribution is 2.27. The van der Waals surface area contributed by atoms with E-state index in [9.17, 15) is 10.1 Å². The maximum atomic E-state index is 10.8. The quantitative estimate of drug-likeness (QED) is 0.449. The van der Waals surface area contributed by atoms with Crippen molar-refractivity contribution in [3.8, 4) is 5.75 Å². The number of nitrogens with zero attached hydrogens (tertiary/aromatic N) is 1. The highest BCUT2D eigenvalue weighted by molar-refractivity contribution is 5.48. The van der Waals surface area contributed by atoms with Crippen molar-refractivity contribution < 1.29 is 14.4 Å². The van der Waals surface area contributed by atoms with Crippen molar-refractivity contribution in [2.45, 2.75) is 6.54 Å². The Morgan fingerprint density at radius 1 is 1.50 bits per heavy atom. The lowest BCUT2D eigenvalue weighted by atomic mass is 10.2. The topological polar surface area (TPSA) is 73.6 Å². The molecule has 0 aliphatic rings. The van der Waals surface area contributed by atoms with Crippen molar-refractivity contribution in [3.63, 3.8) is 0 Å². The fourth-order valence-electron chi connectivity index (χ4n) is 1.26. The van der Waals surface area contributed by atoms with E-state index in [1.807, 2.05) is 0 Å². The monoisotopic (exact) mass is 226 g/mol. The van der Waals surface area contributed by atoms with Crippen LogP contribution in [0.2, 0.25) is 0 Å². The number of nitrogens with one attached hydrogen (secondary N) is 1. The first kappa shape index (κ1) is 12.4. The molecule has 0 aliphatic heterocycles. The summed E-state index contributed by atoms with van der Waals surface area (Å²) in [7, 11) is 3.24. The zero-order chi connectivity index (χ0) is 12.0. The largest absolute Gasteiger partial charge is 0.460 e. The van der Waals surface area contributed by atoms with Crippen LogP contribution in [-0.4, -0.2) is 25.9 Å². The van der Waals surface area contributed by atoms with E-state index in [-0.39, 0.29) is 18.2 Å². The molecule has 16 heavy (non-hydrogen) atoms. The minimum absolute atomic E-state index is 0.00772. The third kappa shape index (κ3) is 3.18. The van der Waals surface area contributed by atoms with Gasteiger partial charge in [-0.3, -0.25) is 10.1 Å². The summed E-state index contributed by atoms with van der Waals surface area (Å²) in [4.78, 5) is 10.3. The van der Waals surface area contributed by atoms with Gasteiger partial charge in [-0.2, -0.15) is 0 Å². The Hall–Kier alpha value is -1.66. The summed E-state index contributed by atoms with van der Waals surface area (Å²) in [5.74, 6) is 0.215. The van der Waals surface area contributed by atoms with Crippen molar-refractivity contribution >= 4 is 5.69 Å². The third-order valence-corrected chi connectivity index (χ3v) is 1.93. The summed E-state index contributed by atoms with van der Waals surface area (Å²) in [6.45, 7) is 0.567. The molecule has 0 saturated carbocycles. The number of nitro groups is 1. The van der Waals surface area contributed by atoms with Crippen LogP contribution in [0.4, 0.5) is 5.69 Å². The van der Waals surface area contributed by atoms with Crippen LogP contribution in [0.15, 0.2) is 18.2 Å². The van der Waals surface area contributed by atoms with Gasteiger partial charge < -0.3 is 14.8 Å². The normalized spacial score (nSPS) is 10.1. The van der Waals surface area contributed by atoms with Crippen LogP contribution in [0.5, 0.6) is 5.75 Å². The Kier molecular flexibility index (Phi) is 4.68. The molecule has 1 aromatic carbocycles. The van der Waals surface area contributed by atoms with Gasteiger partial charge in [-0.15, -0.1) is 0 Å². The maximum Gasteiger partial charge on any atom is 0.311 e. The van der Waals surface area contributed by atoms with Crippen LogP contribution in [-0.2, 0) is 11.3 Å². The predicted molar refractivity (Wildman–Crippen MR) is 58.4 cm³/mol. The van der Waals surface area contributed by atoms with Gasteiger partial charge in [0.25, 0.3) is 0 Å². The number of methoxy groups -OCH3 is 1. The summed E-state index contributed by atoms with van der Waals surface area (Å²) in [5, 5.41) is 13.7. The average molecular weight is 226 g/mol. The molecule has 1 aromatic rings. The van der Waals surface area contributed by atoms with Crippen LogP contribution >= 0.6 is 0 Å². The molecule has 0 heterocycles. The number of ether oxygens (including phenoxy) is 2. The van der Waals surface area contributed by atoms with Crippen LogP contribution in [0.1, 0.15) is 5.56 Å². The Morgan fingerprint density at radius 3 is 2.81 bits per heavy atom. The standard InChI is InChI=1S/C10H14N2O4/c1-11-6-8-3-4-10(16-7-15-2)9(5-8)12(13)14/h3-5,11H,6-7H2,1-2H3. The van der Waals surface area contributed by atoms with Gasteiger partial charge in [0.15, 0.2) is 12.5 Å².